The van der Waals surface area contributed by atoms with Gasteiger partial charge in [-0.1, -0.05) is 35.9 Å². The molecule has 4 rings (SSSR count). The highest BCUT2D eigenvalue weighted by molar-refractivity contribution is 6.30. The second-order valence-corrected chi connectivity index (χ2v) is 8.43. The first-order valence-electron chi connectivity index (χ1n) is 10.3. The quantitative estimate of drug-likeness (QED) is 0.643. The van der Waals surface area contributed by atoms with Gasteiger partial charge in [-0.25, -0.2) is 0 Å². The number of piperazine rings is 1. The Morgan fingerprint density at radius 1 is 1.03 bits per heavy atom. The predicted octanol–water partition coefficient (Wildman–Crippen LogP) is 3.98. The van der Waals surface area contributed by atoms with Crippen molar-refractivity contribution in [2.75, 3.05) is 39.8 Å². The maximum atomic E-state index is 12.4. The molecule has 2 atom stereocenters. The van der Waals surface area contributed by atoms with Crippen molar-refractivity contribution >= 4 is 42.3 Å². The highest BCUT2D eigenvalue weighted by atomic mass is 35.5. The van der Waals surface area contributed by atoms with Crippen LogP contribution in [0.15, 0.2) is 48.5 Å². The molecular weight excluding hydrogens is 457 g/mol. The smallest absolute Gasteiger partial charge is 0.236 e. The Kier molecular flexibility index (Phi) is 9.91. The standard InChI is InChI=1S/C23H28ClN3O2.2ClH/c1-26-10-12-27(13-11-26)23(28)15-25-22-14-21(22)18-4-8-20(9-5-18)29-16-17-2-6-19(24)7-3-17;;/h2-9,21-22,25H,10-16H2,1H3;2*1H/t21?,22-;;/m0../s1. The Balaban J connectivity index is 0.00000171. The largest absolute Gasteiger partial charge is 0.489 e. The first kappa shape index (κ1) is 25.8. The highest BCUT2D eigenvalue weighted by Gasteiger charge is 2.38. The SMILES string of the molecule is CN1CCN(C(=O)CN[C@H]2CC2c2ccc(OCc3ccc(Cl)cc3)cc2)CC1.Cl.Cl. The molecule has 1 N–H and O–H groups in total. The highest BCUT2D eigenvalue weighted by Crippen LogP contribution is 2.41. The molecule has 2 aromatic rings. The number of ether oxygens (including phenoxy) is 1. The minimum Gasteiger partial charge on any atom is -0.489 e. The van der Waals surface area contributed by atoms with Crippen LogP contribution in [0.5, 0.6) is 5.75 Å². The van der Waals surface area contributed by atoms with Crippen molar-refractivity contribution < 1.29 is 9.53 Å². The van der Waals surface area contributed by atoms with Crippen molar-refractivity contribution in [3.63, 3.8) is 0 Å². The molecule has 0 aromatic heterocycles. The van der Waals surface area contributed by atoms with Gasteiger partial charge < -0.3 is 19.9 Å². The third kappa shape index (κ3) is 7.26. The maximum absolute atomic E-state index is 12.4. The van der Waals surface area contributed by atoms with Crippen LogP contribution < -0.4 is 10.1 Å². The number of amides is 1. The third-order valence-corrected chi connectivity index (χ3v) is 6.04. The summed E-state index contributed by atoms with van der Waals surface area (Å²) in [5.41, 5.74) is 2.39. The fourth-order valence-electron chi connectivity index (χ4n) is 3.73. The topological polar surface area (TPSA) is 44.8 Å². The molecule has 31 heavy (non-hydrogen) atoms. The Morgan fingerprint density at radius 3 is 2.32 bits per heavy atom. The molecule has 170 valence electrons. The number of halogens is 3. The lowest BCUT2D eigenvalue weighted by atomic mass is 10.1. The summed E-state index contributed by atoms with van der Waals surface area (Å²) in [6.45, 7) is 4.56. The van der Waals surface area contributed by atoms with E-state index in [2.05, 4.69) is 29.4 Å². The Bertz CT molecular complexity index is 825. The van der Waals surface area contributed by atoms with E-state index in [1.165, 1.54) is 5.56 Å². The van der Waals surface area contributed by atoms with Gasteiger partial charge in [-0.2, -0.15) is 0 Å². The van der Waals surface area contributed by atoms with Crippen molar-refractivity contribution in [3.8, 4) is 5.75 Å². The van der Waals surface area contributed by atoms with Gasteiger partial charge in [-0.05, 0) is 48.9 Å². The van der Waals surface area contributed by atoms with Gasteiger partial charge in [0.2, 0.25) is 5.91 Å². The normalized spacial score (nSPS) is 20.4. The number of benzene rings is 2. The van der Waals surface area contributed by atoms with Crippen LogP contribution in [0.3, 0.4) is 0 Å². The van der Waals surface area contributed by atoms with Crippen LogP contribution in [-0.2, 0) is 11.4 Å². The minimum absolute atomic E-state index is 0. The van der Waals surface area contributed by atoms with Gasteiger partial charge in [-0.3, -0.25) is 4.79 Å². The van der Waals surface area contributed by atoms with E-state index < -0.39 is 0 Å². The van der Waals surface area contributed by atoms with Gasteiger partial charge in [0.25, 0.3) is 0 Å². The van der Waals surface area contributed by atoms with Crippen LogP contribution in [0.25, 0.3) is 0 Å². The first-order valence-corrected chi connectivity index (χ1v) is 10.6. The Labute approximate surface area is 201 Å². The summed E-state index contributed by atoms with van der Waals surface area (Å²) in [7, 11) is 2.10. The van der Waals surface area contributed by atoms with Gasteiger partial charge >= 0.3 is 0 Å². The second-order valence-electron chi connectivity index (χ2n) is 8.00. The summed E-state index contributed by atoms with van der Waals surface area (Å²) in [4.78, 5) is 16.6. The van der Waals surface area contributed by atoms with E-state index in [9.17, 15) is 4.79 Å². The second kappa shape index (κ2) is 11.9. The molecule has 2 aromatic carbocycles. The number of carbonyl (C=O) groups is 1. The molecule has 0 bridgehead atoms. The van der Waals surface area contributed by atoms with Crippen LogP contribution >= 0.6 is 36.4 Å². The van der Waals surface area contributed by atoms with Crippen molar-refractivity contribution in [3.05, 3.63) is 64.7 Å². The first-order chi connectivity index (χ1) is 14.1. The zero-order valence-corrected chi connectivity index (χ0v) is 20.0. The molecule has 0 spiro atoms. The predicted molar refractivity (Wildman–Crippen MR) is 130 cm³/mol. The van der Waals surface area contributed by atoms with Crippen LogP contribution in [0.4, 0.5) is 0 Å². The number of rotatable bonds is 7. The van der Waals surface area contributed by atoms with Gasteiger partial charge in [0.15, 0.2) is 0 Å². The van der Waals surface area contributed by atoms with E-state index in [1.54, 1.807) is 0 Å². The zero-order valence-electron chi connectivity index (χ0n) is 17.6. The molecule has 8 heteroatoms. The number of likely N-dealkylation sites (N-methyl/N-ethyl adjacent to an activating group) is 1. The lowest BCUT2D eigenvalue weighted by Gasteiger charge is -2.32. The molecular formula is C23H30Cl3N3O2. The van der Waals surface area contributed by atoms with E-state index in [-0.39, 0.29) is 30.7 Å². The van der Waals surface area contributed by atoms with Gasteiger partial charge in [0.05, 0.1) is 6.54 Å². The van der Waals surface area contributed by atoms with Crippen LogP contribution in [0.1, 0.15) is 23.5 Å². The van der Waals surface area contributed by atoms with E-state index in [0.29, 0.717) is 25.1 Å². The molecule has 5 nitrogen and oxygen atoms in total. The fourth-order valence-corrected chi connectivity index (χ4v) is 3.86. The minimum atomic E-state index is 0. The van der Waals surface area contributed by atoms with Gasteiger partial charge in [0.1, 0.15) is 12.4 Å². The molecule has 1 aliphatic heterocycles. The average molecular weight is 487 g/mol. The summed E-state index contributed by atoms with van der Waals surface area (Å²) in [6, 6.07) is 16.4. The molecule has 1 heterocycles. The van der Waals surface area contributed by atoms with Crippen LogP contribution in [0, 0.1) is 0 Å². The number of nitrogens with one attached hydrogen (secondary N) is 1. The maximum Gasteiger partial charge on any atom is 0.236 e. The van der Waals surface area contributed by atoms with E-state index in [0.717, 1.165) is 48.9 Å². The molecule has 0 radical (unpaired) electrons. The molecule has 1 unspecified atom stereocenters. The van der Waals surface area contributed by atoms with Crippen molar-refractivity contribution in [2.45, 2.75) is 25.0 Å². The summed E-state index contributed by atoms with van der Waals surface area (Å²) in [5.74, 6) is 1.56. The summed E-state index contributed by atoms with van der Waals surface area (Å²) >= 11 is 5.91. The molecule has 1 saturated heterocycles. The van der Waals surface area contributed by atoms with E-state index >= 15 is 0 Å². The van der Waals surface area contributed by atoms with Crippen LogP contribution in [0.2, 0.25) is 5.02 Å². The van der Waals surface area contributed by atoms with E-state index in [4.69, 9.17) is 16.3 Å². The Hall–Kier alpha value is -1.50. The van der Waals surface area contributed by atoms with Gasteiger partial charge in [0, 0.05) is 43.2 Å². The summed E-state index contributed by atoms with van der Waals surface area (Å²) < 4.78 is 5.86. The number of nitrogens with zero attached hydrogens (tertiary/aromatic N) is 2. The molecule has 2 aliphatic rings. The zero-order chi connectivity index (χ0) is 20.2. The third-order valence-electron chi connectivity index (χ3n) is 5.79. The number of hydrogen-bond donors (Lipinski definition) is 1. The monoisotopic (exact) mass is 485 g/mol. The fraction of sp³-hybridized carbons (Fsp3) is 0.435. The Morgan fingerprint density at radius 2 is 1.68 bits per heavy atom. The lowest BCUT2D eigenvalue weighted by molar-refractivity contribution is -0.131. The number of hydrogen-bond acceptors (Lipinski definition) is 4. The molecule has 2 fully saturated rings. The molecule has 1 aliphatic carbocycles. The number of carbonyl (C=O) groups excluding carboxylic acids is 1. The molecule has 1 amide bonds. The van der Waals surface area contributed by atoms with Crippen molar-refractivity contribution in [1.82, 2.24) is 15.1 Å². The average Bonchev–Trinajstić information content (AvgIpc) is 3.52. The lowest BCUT2D eigenvalue weighted by Crippen LogP contribution is -2.49. The van der Waals surface area contributed by atoms with E-state index in [1.807, 2.05) is 41.3 Å². The van der Waals surface area contributed by atoms with Gasteiger partial charge in [-0.15, -0.1) is 24.8 Å². The van der Waals surface area contributed by atoms with Crippen molar-refractivity contribution in [2.24, 2.45) is 0 Å². The van der Waals surface area contributed by atoms with Crippen molar-refractivity contribution in [1.29, 1.82) is 0 Å². The van der Waals surface area contributed by atoms with Crippen LogP contribution in [-0.4, -0.2) is 61.5 Å². The molecule has 1 saturated carbocycles. The summed E-state index contributed by atoms with van der Waals surface area (Å²) in [6.07, 6.45) is 1.08. The summed E-state index contributed by atoms with van der Waals surface area (Å²) in [5, 5.41) is 4.16.